The maximum atomic E-state index is 10.7. The summed E-state index contributed by atoms with van der Waals surface area (Å²) < 4.78 is 18.6. The molecule has 0 atom stereocenters. The summed E-state index contributed by atoms with van der Waals surface area (Å²) in [4.78, 5) is 59.2. The Balaban J connectivity index is -0.0000000411. The molecule has 0 spiro atoms. The smallest absolute Gasteiger partial charge is 0.222 e. The van der Waals surface area contributed by atoms with Gasteiger partial charge in [0.05, 0.1) is 0 Å². The lowest BCUT2D eigenvalue weighted by Crippen LogP contribution is -2.24. The van der Waals surface area contributed by atoms with Crippen molar-refractivity contribution in [2.75, 3.05) is 271 Å². The molecule has 22 heteroatoms. The van der Waals surface area contributed by atoms with E-state index in [0.717, 1.165) is 124 Å². The number of unbranched alkanes of at least 4 members (excludes halogenated alkanes) is 6. The van der Waals surface area contributed by atoms with E-state index in [-0.39, 0.29) is 23.6 Å². The number of amides is 4. The number of rotatable bonds is 34. The van der Waals surface area contributed by atoms with Crippen LogP contribution in [0.15, 0.2) is 0 Å². The third-order valence-corrected chi connectivity index (χ3v) is 13.7. The van der Waals surface area contributed by atoms with Crippen molar-refractivity contribution in [2.45, 2.75) is 352 Å². The molecule has 0 radical (unpaired) electrons. The van der Waals surface area contributed by atoms with Crippen LogP contribution in [-0.2, 0) is 38.1 Å². The van der Waals surface area contributed by atoms with Crippen LogP contribution in [0.4, 0.5) is 0 Å². The zero-order chi connectivity index (χ0) is 98.6. The number of nitrogens with zero attached hydrogens (tertiary/aromatic N) is 9. The number of methoxy groups -OCH3 is 2. The molecule has 0 aromatic carbocycles. The topological polar surface area (TPSA) is 195 Å². The number of carbonyl (C=O) groups is 4. The molecule has 118 heavy (non-hydrogen) atoms. The molecular weight excluding hydrogens is 1480 g/mol. The van der Waals surface area contributed by atoms with Gasteiger partial charge in [-0.2, -0.15) is 0 Å². The molecule has 0 aliphatic carbocycles. The second kappa shape index (κ2) is 202. The van der Waals surface area contributed by atoms with E-state index in [2.05, 4.69) is 264 Å². The van der Waals surface area contributed by atoms with Gasteiger partial charge in [0, 0.05) is 142 Å². The Bertz CT molecular complexity index is 1320. The summed E-state index contributed by atoms with van der Waals surface area (Å²) in [5.41, 5.74) is 0. The zero-order valence-corrected chi connectivity index (χ0v) is 92.5. The summed E-state index contributed by atoms with van der Waals surface area (Å²) in [6.45, 7) is 97.2. The van der Waals surface area contributed by atoms with Crippen LogP contribution in [-0.4, -0.2) is 345 Å². The van der Waals surface area contributed by atoms with Gasteiger partial charge in [0.25, 0.3) is 0 Å². The van der Waals surface area contributed by atoms with Crippen LogP contribution in [0.3, 0.4) is 0 Å². The molecular formula is C96H242N14O8. The molecule has 0 aromatic heterocycles. The fraction of sp³-hybridized carbons (Fsp3) is 0.958. The minimum absolute atomic E-state index is 0.0926. The van der Waals surface area contributed by atoms with Gasteiger partial charge < -0.3 is 89.6 Å². The zero-order valence-electron chi connectivity index (χ0n) is 92.5. The molecule has 0 fully saturated rings. The molecule has 4 amide bonds. The lowest BCUT2D eigenvalue weighted by molar-refractivity contribution is -0.129. The van der Waals surface area contributed by atoms with Crippen molar-refractivity contribution in [3.8, 4) is 0 Å². The Kier molecular flexibility index (Phi) is 296. The van der Waals surface area contributed by atoms with E-state index < -0.39 is 0 Å². The minimum atomic E-state index is 0.0926. The fourth-order valence-corrected chi connectivity index (χ4v) is 4.95. The molecule has 0 bridgehead atoms. The highest BCUT2D eigenvalue weighted by Crippen LogP contribution is 1.95. The molecule has 0 saturated carbocycles. The predicted molar refractivity (Wildman–Crippen MR) is 548 cm³/mol. The van der Waals surface area contributed by atoms with Crippen LogP contribution in [0.2, 0.25) is 0 Å². The maximum Gasteiger partial charge on any atom is 0.222 e. The first-order chi connectivity index (χ1) is 55.4. The lowest BCUT2D eigenvalue weighted by Gasteiger charge is -2.13. The van der Waals surface area contributed by atoms with Crippen molar-refractivity contribution < 1.29 is 38.1 Å². The van der Waals surface area contributed by atoms with E-state index in [0.29, 0.717) is 12.5 Å². The van der Waals surface area contributed by atoms with Crippen molar-refractivity contribution >= 4 is 23.6 Å². The van der Waals surface area contributed by atoms with E-state index in [1.807, 2.05) is 110 Å². The Hall–Kier alpha value is -2.68. The summed E-state index contributed by atoms with van der Waals surface area (Å²) in [6.07, 6.45) is 18.8. The molecule has 5 N–H and O–H groups in total. The van der Waals surface area contributed by atoms with Crippen LogP contribution >= 0.6 is 0 Å². The maximum absolute atomic E-state index is 10.7. The number of hydrogen-bond acceptors (Lipinski definition) is 18. The van der Waals surface area contributed by atoms with Gasteiger partial charge in [0.15, 0.2) is 0 Å². The second-order valence-corrected chi connectivity index (χ2v) is 27.4. The normalized spacial score (nSPS) is 8.71. The average molecular weight is 1720 g/mol. The third-order valence-electron chi connectivity index (χ3n) is 13.7. The monoisotopic (exact) mass is 1720 g/mol. The van der Waals surface area contributed by atoms with Crippen LogP contribution in [0.5, 0.6) is 0 Å². The second-order valence-electron chi connectivity index (χ2n) is 27.4. The van der Waals surface area contributed by atoms with Crippen LogP contribution in [0.1, 0.15) is 346 Å². The van der Waals surface area contributed by atoms with Gasteiger partial charge in [-0.25, -0.2) is 0 Å². The van der Waals surface area contributed by atoms with Crippen molar-refractivity contribution in [2.24, 2.45) is 0 Å². The van der Waals surface area contributed by atoms with Crippen molar-refractivity contribution in [3.63, 3.8) is 0 Å². The molecule has 0 aromatic rings. The number of hydrogen-bond donors (Lipinski definition) is 5. The van der Waals surface area contributed by atoms with Gasteiger partial charge in [0.2, 0.25) is 23.6 Å². The van der Waals surface area contributed by atoms with Crippen LogP contribution < -0.4 is 26.6 Å². The molecule has 0 aliphatic heterocycles. The molecule has 0 heterocycles. The largest absolute Gasteiger partial charge is 0.388 e. The number of nitrogens with one attached hydrogen (secondary N) is 5. The van der Waals surface area contributed by atoms with Gasteiger partial charge >= 0.3 is 0 Å². The third kappa shape index (κ3) is 393. The van der Waals surface area contributed by atoms with Gasteiger partial charge in [-0.05, 0) is 229 Å². The van der Waals surface area contributed by atoms with Crippen LogP contribution in [0, 0.1) is 0 Å². The van der Waals surface area contributed by atoms with Crippen molar-refractivity contribution in [1.82, 2.24) is 70.7 Å². The van der Waals surface area contributed by atoms with E-state index in [1.165, 1.54) is 122 Å². The summed E-state index contributed by atoms with van der Waals surface area (Å²) in [5.74, 6) is 0.580. The Morgan fingerprint density at radius 3 is 0.703 bits per heavy atom. The van der Waals surface area contributed by atoms with E-state index in [9.17, 15) is 19.2 Å². The summed E-state index contributed by atoms with van der Waals surface area (Å²) in [5, 5.41) is 15.2. The summed E-state index contributed by atoms with van der Waals surface area (Å²) in [7, 11) is 33.8. The Labute approximate surface area is 751 Å². The molecule has 0 unspecified atom stereocenters. The van der Waals surface area contributed by atoms with E-state index >= 15 is 0 Å². The summed E-state index contributed by atoms with van der Waals surface area (Å²) in [6, 6.07) is 0.648. The minimum Gasteiger partial charge on any atom is -0.388 e. The van der Waals surface area contributed by atoms with Crippen molar-refractivity contribution in [1.29, 1.82) is 0 Å². The standard InChI is InChI=1S/2C6H13NO.2C6H15N.C6H14.C5H11NO.3C5H13N.C5H12O.C5H12.C4H9NO.2C4H11N.C4H10O.C4H10.2C3H9N.C3H8O.C3H8.C2H7N.C2H6O/c1-4-5-7(3)6(2)8;1-4-6(8)7(3)5-2;1-4-6-7(3)5-2;1-4-7(5-2)6-3;1-3-5-6-4-2;1-4-6(3)5(2)7;1-4-6(3)5-2;1-4-6-5(2)3;2*1-3-5-6-4-2;1-3-5-4-2;1-4(6)5(2)3;1-4-5(2)3;2*1-3-5-4-2;1-3-4-2;1-4(2)3;2*1-3-4-2;3*1-3-2/h2*4-5H2,1-3H3;2*4-6H2,1-3H3;3-6H2,1-2H3;4H2,1-3H3;4-5H2,1-3H3;5-6H,4H2,1-3H3;6H,3-5H2,1-2H3;3-5H2,1-2H3;3-5H2,1-2H3;1-3H3;4H2,1-3H3;5H,3-4H2,1-2H3;3-4H2,1-2H3;3-4H2,1-2H3;1-3H3;4H,3H2,1-2H3;3H2,1-2H3;3H2,1-2H3;3H,1-2H3;1-2H3. The van der Waals surface area contributed by atoms with Crippen LogP contribution in [0.25, 0.3) is 0 Å². The highest BCUT2D eigenvalue weighted by atomic mass is 16.5. The van der Waals surface area contributed by atoms with E-state index in [1.54, 1.807) is 71.0 Å². The van der Waals surface area contributed by atoms with Gasteiger partial charge in [-0.1, -0.05) is 251 Å². The van der Waals surface area contributed by atoms with E-state index in [4.69, 9.17) is 9.47 Å². The summed E-state index contributed by atoms with van der Waals surface area (Å²) >= 11 is 0. The van der Waals surface area contributed by atoms with Gasteiger partial charge in [-0.3, -0.25) is 19.2 Å². The molecule has 22 nitrogen and oxygen atoms in total. The highest BCUT2D eigenvalue weighted by molar-refractivity contribution is 5.75. The van der Waals surface area contributed by atoms with Crippen molar-refractivity contribution in [3.05, 3.63) is 0 Å². The Morgan fingerprint density at radius 1 is 0.347 bits per heavy atom. The number of ether oxygens (including phenoxy) is 4. The Morgan fingerprint density at radius 2 is 0.653 bits per heavy atom. The first kappa shape index (κ1) is 173. The fourth-order valence-electron chi connectivity index (χ4n) is 4.95. The SMILES string of the molecule is CC(=O)N(C)C.CCC.CCC(=O)N(C)CC.CCCC.CCCCC.CCCCCC.CCCN(C)C(C)=O.CCCN(C)CC.CCCNCC.CCCOCC.CCN(C)C.CCN(C)C(C)=O.CCN(C)CC.CCN(CC)CC.CCNC.CCNC(C)C.CCNCC.CCOC.CCOCC.CN(C)C.CNC.COC. The lowest BCUT2D eigenvalue weighted by atomic mass is 10.2. The first-order valence-electron chi connectivity index (χ1n) is 47.1. The molecule has 0 aliphatic rings. The van der Waals surface area contributed by atoms with Gasteiger partial charge in [-0.15, -0.1) is 0 Å². The highest BCUT2D eigenvalue weighted by Gasteiger charge is 2.00. The quantitative estimate of drug-likeness (QED) is 0.0381. The molecule has 0 saturated heterocycles. The predicted octanol–water partition coefficient (Wildman–Crippen LogP) is 20.8. The molecule has 0 rings (SSSR count). The average Bonchev–Trinajstić information content (AvgIpc) is 1.03. The number of carbonyl (C=O) groups excluding carboxylic acids is 4. The first-order valence-corrected chi connectivity index (χ1v) is 47.1. The van der Waals surface area contributed by atoms with Gasteiger partial charge in [0.1, 0.15) is 0 Å². The molecule has 744 valence electrons.